The standard InChI is InChI=1S/C21H15Cl3N2O2S/c22-14-4-1-3-13(11-14)21(28)25-15-7-9-16(10-8-15)29-12-19(27)26-18-6-2-5-17(23)20(18)24/h1-11H,12H2,(H,25,28)(H,26,27). The number of hydrogen-bond acceptors (Lipinski definition) is 3. The first kappa shape index (κ1) is 21.5. The van der Waals surface area contributed by atoms with Crippen LogP contribution in [0.3, 0.4) is 0 Å². The van der Waals surface area contributed by atoms with Crippen LogP contribution >= 0.6 is 46.6 Å². The Balaban J connectivity index is 1.53. The lowest BCUT2D eigenvalue weighted by Crippen LogP contribution is -2.14. The van der Waals surface area contributed by atoms with Crippen LogP contribution in [0.15, 0.2) is 71.6 Å². The van der Waals surface area contributed by atoms with Gasteiger partial charge in [0.15, 0.2) is 0 Å². The lowest BCUT2D eigenvalue weighted by molar-refractivity contribution is -0.113. The number of carbonyl (C=O) groups excluding carboxylic acids is 2. The second kappa shape index (κ2) is 10.0. The zero-order chi connectivity index (χ0) is 20.8. The van der Waals surface area contributed by atoms with E-state index in [1.54, 1.807) is 54.6 Å². The molecule has 0 aliphatic rings. The molecule has 0 saturated heterocycles. The fourth-order valence-electron chi connectivity index (χ4n) is 2.40. The molecule has 4 nitrogen and oxygen atoms in total. The number of benzene rings is 3. The number of halogens is 3. The molecular weight excluding hydrogens is 451 g/mol. The molecule has 2 N–H and O–H groups in total. The first-order valence-electron chi connectivity index (χ1n) is 8.46. The summed E-state index contributed by atoms with van der Waals surface area (Å²) in [6, 6.07) is 19.0. The second-order valence-corrected chi connectivity index (χ2v) is 8.20. The summed E-state index contributed by atoms with van der Waals surface area (Å²) in [5.74, 6) is -0.236. The predicted octanol–water partition coefficient (Wildman–Crippen LogP) is 6.63. The zero-order valence-corrected chi connectivity index (χ0v) is 18.0. The summed E-state index contributed by atoms with van der Waals surface area (Å²) < 4.78 is 0. The van der Waals surface area contributed by atoms with Gasteiger partial charge in [0.2, 0.25) is 5.91 Å². The van der Waals surface area contributed by atoms with Crippen molar-refractivity contribution in [3.8, 4) is 0 Å². The number of thioether (sulfide) groups is 1. The third-order valence-corrected chi connectivity index (χ3v) is 5.86. The molecule has 0 radical (unpaired) electrons. The minimum absolute atomic E-state index is 0.197. The van der Waals surface area contributed by atoms with Gasteiger partial charge in [0.05, 0.1) is 21.5 Å². The van der Waals surface area contributed by atoms with Crippen molar-refractivity contribution in [1.29, 1.82) is 0 Å². The van der Waals surface area contributed by atoms with Gasteiger partial charge in [-0.2, -0.15) is 0 Å². The van der Waals surface area contributed by atoms with Crippen molar-refractivity contribution in [3.05, 3.63) is 87.4 Å². The summed E-state index contributed by atoms with van der Waals surface area (Å²) in [6.07, 6.45) is 0. The minimum atomic E-state index is -0.245. The van der Waals surface area contributed by atoms with Gasteiger partial charge in [0.25, 0.3) is 5.91 Å². The number of anilines is 2. The molecule has 8 heteroatoms. The van der Waals surface area contributed by atoms with Crippen LogP contribution in [0.1, 0.15) is 10.4 Å². The smallest absolute Gasteiger partial charge is 0.255 e. The van der Waals surface area contributed by atoms with Crippen LogP contribution in [0.25, 0.3) is 0 Å². The van der Waals surface area contributed by atoms with Gasteiger partial charge in [-0.3, -0.25) is 9.59 Å². The van der Waals surface area contributed by atoms with Gasteiger partial charge in [-0.25, -0.2) is 0 Å². The van der Waals surface area contributed by atoms with Gasteiger partial charge >= 0.3 is 0 Å². The van der Waals surface area contributed by atoms with E-state index >= 15 is 0 Å². The monoisotopic (exact) mass is 464 g/mol. The highest BCUT2D eigenvalue weighted by molar-refractivity contribution is 8.00. The molecule has 29 heavy (non-hydrogen) atoms. The van der Waals surface area contributed by atoms with E-state index in [0.717, 1.165) is 4.90 Å². The van der Waals surface area contributed by atoms with Gasteiger partial charge < -0.3 is 10.6 Å². The average Bonchev–Trinajstić information content (AvgIpc) is 2.71. The predicted molar refractivity (Wildman–Crippen MR) is 122 cm³/mol. The van der Waals surface area contributed by atoms with Crippen molar-refractivity contribution in [3.63, 3.8) is 0 Å². The van der Waals surface area contributed by atoms with Gasteiger partial charge in [0.1, 0.15) is 0 Å². The van der Waals surface area contributed by atoms with Gasteiger partial charge in [0, 0.05) is 21.2 Å². The van der Waals surface area contributed by atoms with Crippen LogP contribution in [0.2, 0.25) is 15.1 Å². The fourth-order valence-corrected chi connectivity index (χ4v) is 3.64. The minimum Gasteiger partial charge on any atom is -0.324 e. The molecule has 3 aromatic carbocycles. The molecule has 0 unspecified atom stereocenters. The average molecular weight is 466 g/mol. The number of hydrogen-bond donors (Lipinski definition) is 2. The fraction of sp³-hybridized carbons (Fsp3) is 0.0476. The maximum absolute atomic E-state index is 12.2. The van der Waals surface area contributed by atoms with E-state index in [2.05, 4.69) is 10.6 Å². The summed E-state index contributed by atoms with van der Waals surface area (Å²) >= 11 is 19.3. The summed E-state index contributed by atoms with van der Waals surface area (Å²) in [5.41, 5.74) is 1.60. The second-order valence-electron chi connectivity index (χ2n) is 5.93. The molecule has 3 aromatic rings. The molecule has 0 heterocycles. The van der Waals surface area contributed by atoms with Crippen LogP contribution < -0.4 is 10.6 Å². The van der Waals surface area contributed by atoms with E-state index in [-0.39, 0.29) is 17.6 Å². The Morgan fingerprint density at radius 1 is 0.862 bits per heavy atom. The molecule has 0 spiro atoms. The van der Waals surface area contributed by atoms with Crippen molar-refractivity contribution in [2.45, 2.75) is 4.90 Å². The van der Waals surface area contributed by atoms with Crippen molar-refractivity contribution in [2.24, 2.45) is 0 Å². The van der Waals surface area contributed by atoms with Crippen LogP contribution in [-0.2, 0) is 4.79 Å². The first-order valence-corrected chi connectivity index (χ1v) is 10.6. The third kappa shape index (κ3) is 6.15. The van der Waals surface area contributed by atoms with Gasteiger partial charge in [-0.15, -0.1) is 11.8 Å². The van der Waals surface area contributed by atoms with E-state index in [4.69, 9.17) is 34.8 Å². The Morgan fingerprint density at radius 2 is 1.59 bits per heavy atom. The normalized spacial score (nSPS) is 10.4. The van der Waals surface area contributed by atoms with E-state index in [0.29, 0.717) is 32.0 Å². The van der Waals surface area contributed by atoms with Gasteiger partial charge in [-0.1, -0.05) is 46.9 Å². The number of amides is 2. The maximum Gasteiger partial charge on any atom is 0.255 e. The van der Waals surface area contributed by atoms with Crippen LogP contribution in [-0.4, -0.2) is 17.6 Å². The molecule has 0 aliphatic carbocycles. The Kier molecular flexibility index (Phi) is 7.45. The van der Waals surface area contributed by atoms with Crippen molar-refractivity contribution >= 4 is 69.8 Å². The molecule has 0 bridgehead atoms. The highest BCUT2D eigenvalue weighted by Gasteiger charge is 2.10. The van der Waals surface area contributed by atoms with E-state index in [9.17, 15) is 9.59 Å². The highest BCUT2D eigenvalue weighted by Crippen LogP contribution is 2.30. The molecule has 0 saturated carbocycles. The Labute approximate surface area is 187 Å². The molecule has 0 atom stereocenters. The molecule has 3 rings (SSSR count). The molecule has 2 amide bonds. The molecule has 0 aromatic heterocycles. The maximum atomic E-state index is 12.2. The third-order valence-electron chi connectivity index (χ3n) is 3.79. The highest BCUT2D eigenvalue weighted by atomic mass is 35.5. The summed E-state index contributed by atoms with van der Waals surface area (Å²) in [6.45, 7) is 0. The van der Waals surface area contributed by atoms with Gasteiger partial charge in [-0.05, 0) is 54.6 Å². The SMILES string of the molecule is O=C(CSc1ccc(NC(=O)c2cccc(Cl)c2)cc1)Nc1cccc(Cl)c1Cl. The zero-order valence-electron chi connectivity index (χ0n) is 14.9. The van der Waals surface area contributed by atoms with Crippen molar-refractivity contribution in [2.75, 3.05) is 16.4 Å². The number of nitrogens with one attached hydrogen (secondary N) is 2. The van der Waals surface area contributed by atoms with Crippen molar-refractivity contribution < 1.29 is 9.59 Å². The first-order chi connectivity index (χ1) is 13.9. The molecular formula is C21H15Cl3N2O2S. The summed E-state index contributed by atoms with van der Waals surface area (Å²) in [5, 5.41) is 6.74. The van der Waals surface area contributed by atoms with E-state index in [1.807, 2.05) is 12.1 Å². The largest absolute Gasteiger partial charge is 0.324 e. The van der Waals surface area contributed by atoms with Crippen LogP contribution in [0.5, 0.6) is 0 Å². The summed E-state index contributed by atoms with van der Waals surface area (Å²) in [7, 11) is 0. The van der Waals surface area contributed by atoms with Crippen LogP contribution in [0, 0.1) is 0 Å². The lowest BCUT2D eigenvalue weighted by Gasteiger charge is -2.09. The topological polar surface area (TPSA) is 58.2 Å². The number of carbonyl (C=O) groups is 2. The Bertz CT molecular complexity index is 1040. The van der Waals surface area contributed by atoms with Crippen LogP contribution in [0.4, 0.5) is 11.4 Å². The molecule has 0 aliphatic heterocycles. The van der Waals surface area contributed by atoms with Crippen molar-refractivity contribution in [1.82, 2.24) is 0 Å². The molecule has 0 fully saturated rings. The molecule has 148 valence electrons. The van der Waals surface area contributed by atoms with E-state index in [1.165, 1.54) is 11.8 Å². The Morgan fingerprint density at radius 3 is 2.31 bits per heavy atom. The quantitative estimate of drug-likeness (QED) is 0.402. The lowest BCUT2D eigenvalue weighted by atomic mass is 10.2. The summed E-state index contributed by atoms with van der Waals surface area (Å²) in [4.78, 5) is 25.3. The number of rotatable bonds is 6. The van der Waals surface area contributed by atoms with E-state index < -0.39 is 0 Å². The Hall–Kier alpha value is -2.18.